The van der Waals surface area contributed by atoms with Crippen LogP contribution < -0.4 is 5.32 Å². The van der Waals surface area contributed by atoms with E-state index in [9.17, 15) is 14.5 Å². The number of rotatable bonds is 4. The van der Waals surface area contributed by atoms with Crippen LogP contribution in [0.1, 0.15) is 5.56 Å². The monoisotopic (exact) mass is 314 g/mol. The van der Waals surface area contributed by atoms with Crippen LogP contribution in [0.25, 0.3) is 0 Å². The molecular weight excluding hydrogens is 306 g/mol. The van der Waals surface area contributed by atoms with Gasteiger partial charge in [0, 0.05) is 28.3 Å². The minimum Gasteiger partial charge on any atom is -0.381 e. The van der Waals surface area contributed by atoms with Gasteiger partial charge in [-0.1, -0.05) is 29.3 Å². The van der Waals surface area contributed by atoms with Crippen molar-refractivity contribution in [1.82, 2.24) is 0 Å². The Labute approximate surface area is 124 Å². The number of nitro benzene ring substituents is 1. The predicted octanol–water partition coefficient (Wildman–Crippen LogP) is 4.65. The van der Waals surface area contributed by atoms with E-state index in [0.717, 1.165) is 17.7 Å². The van der Waals surface area contributed by atoms with E-state index in [0.29, 0.717) is 22.3 Å². The lowest BCUT2D eigenvalue weighted by molar-refractivity contribution is -0.387. The Morgan fingerprint density at radius 1 is 1.20 bits per heavy atom. The molecule has 0 heterocycles. The summed E-state index contributed by atoms with van der Waals surface area (Å²) in [6.07, 6.45) is 0. The number of anilines is 1. The molecule has 0 saturated carbocycles. The van der Waals surface area contributed by atoms with Crippen molar-refractivity contribution in [3.8, 4) is 0 Å². The fourth-order valence-electron chi connectivity index (χ4n) is 1.62. The molecule has 0 atom stereocenters. The van der Waals surface area contributed by atoms with Crippen LogP contribution in [0.4, 0.5) is 15.8 Å². The molecule has 0 aliphatic carbocycles. The van der Waals surface area contributed by atoms with Crippen molar-refractivity contribution in [2.75, 3.05) is 5.32 Å². The third kappa shape index (κ3) is 3.37. The lowest BCUT2D eigenvalue weighted by Gasteiger charge is -2.08. The average molecular weight is 315 g/mol. The summed E-state index contributed by atoms with van der Waals surface area (Å²) in [6, 6.07) is 8.65. The second kappa shape index (κ2) is 6.07. The first-order chi connectivity index (χ1) is 9.47. The highest BCUT2D eigenvalue weighted by atomic mass is 35.5. The number of nitro groups is 1. The van der Waals surface area contributed by atoms with E-state index < -0.39 is 16.4 Å². The zero-order valence-electron chi connectivity index (χ0n) is 10.1. The lowest BCUT2D eigenvalue weighted by atomic mass is 10.2. The van der Waals surface area contributed by atoms with Crippen molar-refractivity contribution in [2.45, 2.75) is 6.54 Å². The number of hydrogen-bond acceptors (Lipinski definition) is 3. The van der Waals surface area contributed by atoms with Gasteiger partial charge in [-0.25, -0.2) is 0 Å². The van der Waals surface area contributed by atoms with E-state index in [1.165, 1.54) is 6.07 Å². The first-order valence-electron chi connectivity index (χ1n) is 5.59. The molecule has 0 spiro atoms. The van der Waals surface area contributed by atoms with Crippen molar-refractivity contribution >= 4 is 34.6 Å². The van der Waals surface area contributed by atoms with E-state index in [4.69, 9.17) is 23.2 Å². The van der Waals surface area contributed by atoms with Crippen molar-refractivity contribution in [1.29, 1.82) is 0 Å². The molecule has 0 aliphatic rings. The van der Waals surface area contributed by atoms with Gasteiger partial charge < -0.3 is 5.32 Å². The number of nitrogens with one attached hydrogen (secondary N) is 1. The molecule has 0 unspecified atom stereocenters. The topological polar surface area (TPSA) is 55.2 Å². The Hall–Kier alpha value is -1.85. The van der Waals surface area contributed by atoms with Crippen LogP contribution in [0.15, 0.2) is 36.4 Å². The van der Waals surface area contributed by atoms with E-state index in [1.807, 2.05) is 0 Å². The van der Waals surface area contributed by atoms with Crippen LogP contribution in [-0.2, 0) is 6.54 Å². The molecular formula is C13H9Cl2FN2O2. The SMILES string of the molecule is O=[N+]([O-])c1cc(NCc2ccc(Cl)cc2Cl)ccc1F. The highest BCUT2D eigenvalue weighted by Gasteiger charge is 2.14. The zero-order valence-corrected chi connectivity index (χ0v) is 11.6. The van der Waals surface area contributed by atoms with Crippen LogP contribution in [-0.4, -0.2) is 4.92 Å². The van der Waals surface area contributed by atoms with Gasteiger partial charge in [0.1, 0.15) is 0 Å². The Balaban J connectivity index is 2.15. The molecule has 4 nitrogen and oxygen atoms in total. The molecule has 104 valence electrons. The summed E-state index contributed by atoms with van der Waals surface area (Å²) in [6.45, 7) is 0.346. The quantitative estimate of drug-likeness (QED) is 0.660. The molecule has 0 bridgehead atoms. The normalized spacial score (nSPS) is 10.3. The average Bonchev–Trinajstić information content (AvgIpc) is 2.39. The number of hydrogen-bond donors (Lipinski definition) is 1. The van der Waals surface area contributed by atoms with Gasteiger partial charge in [-0.2, -0.15) is 4.39 Å². The minimum atomic E-state index is -0.870. The molecule has 0 fully saturated rings. The third-order valence-corrected chi connectivity index (χ3v) is 3.23. The molecule has 1 N–H and O–H groups in total. The summed E-state index contributed by atoms with van der Waals surface area (Å²) in [4.78, 5) is 9.87. The van der Waals surface area contributed by atoms with Crippen molar-refractivity contribution in [3.63, 3.8) is 0 Å². The van der Waals surface area contributed by atoms with Crippen molar-refractivity contribution < 1.29 is 9.31 Å². The fraction of sp³-hybridized carbons (Fsp3) is 0.0769. The van der Waals surface area contributed by atoms with Gasteiger partial charge in [0.25, 0.3) is 0 Å². The number of benzene rings is 2. The van der Waals surface area contributed by atoms with Crippen molar-refractivity contribution in [3.05, 3.63) is 67.9 Å². The number of nitrogens with zero attached hydrogens (tertiary/aromatic N) is 1. The molecule has 0 saturated heterocycles. The molecule has 0 radical (unpaired) electrons. The lowest BCUT2D eigenvalue weighted by Crippen LogP contribution is -2.01. The van der Waals surface area contributed by atoms with Crippen molar-refractivity contribution in [2.24, 2.45) is 0 Å². The summed E-state index contributed by atoms with van der Waals surface area (Å²) < 4.78 is 13.2. The fourth-order valence-corrected chi connectivity index (χ4v) is 2.10. The van der Waals surface area contributed by atoms with Gasteiger partial charge in [0.05, 0.1) is 4.92 Å². The zero-order chi connectivity index (χ0) is 14.7. The maximum atomic E-state index is 13.2. The maximum absolute atomic E-state index is 13.2. The molecule has 0 aliphatic heterocycles. The summed E-state index contributed by atoms with van der Waals surface area (Å²) in [5.74, 6) is -0.870. The van der Waals surface area contributed by atoms with Gasteiger partial charge >= 0.3 is 5.69 Å². The molecule has 2 rings (SSSR count). The predicted molar refractivity (Wildman–Crippen MR) is 76.8 cm³/mol. The molecule has 20 heavy (non-hydrogen) atoms. The summed E-state index contributed by atoms with van der Waals surface area (Å²) in [5, 5.41) is 14.6. The van der Waals surface area contributed by atoms with E-state index in [1.54, 1.807) is 18.2 Å². The number of halogens is 3. The molecule has 0 aromatic heterocycles. The van der Waals surface area contributed by atoms with E-state index in [-0.39, 0.29) is 0 Å². The smallest absolute Gasteiger partial charge is 0.306 e. The Bertz CT molecular complexity index is 665. The Kier molecular flexibility index (Phi) is 4.42. The Morgan fingerprint density at radius 2 is 1.95 bits per heavy atom. The third-order valence-electron chi connectivity index (χ3n) is 2.64. The first-order valence-corrected chi connectivity index (χ1v) is 6.34. The largest absolute Gasteiger partial charge is 0.381 e. The standard InChI is InChI=1S/C13H9Cl2FN2O2/c14-9-2-1-8(11(15)5-9)7-17-10-3-4-12(16)13(6-10)18(19)20/h1-6,17H,7H2. The second-order valence-corrected chi connectivity index (χ2v) is 4.86. The maximum Gasteiger partial charge on any atom is 0.306 e. The highest BCUT2D eigenvalue weighted by Crippen LogP contribution is 2.24. The van der Waals surface area contributed by atoms with Crippen LogP contribution in [0.2, 0.25) is 10.0 Å². The molecule has 2 aromatic rings. The molecule has 2 aromatic carbocycles. The summed E-state index contributed by atoms with van der Waals surface area (Å²) >= 11 is 11.8. The van der Waals surface area contributed by atoms with Gasteiger partial charge in [-0.3, -0.25) is 10.1 Å². The van der Waals surface area contributed by atoms with Gasteiger partial charge in [-0.05, 0) is 29.8 Å². The van der Waals surface area contributed by atoms with Gasteiger partial charge in [0.2, 0.25) is 5.82 Å². The van der Waals surface area contributed by atoms with Gasteiger partial charge in [-0.15, -0.1) is 0 Å². The first kappa shape index (κ1) is 14.6. The van der Waals surface area contributed by atoms with Crippen LogP contribution in [0.5, 0.6) is 0 Å². The van der Waals surface area contributed by atoms with Crippen LogP contribution in [0.3, 0.4) is 0 Å². The highest BCUT2D eigenvalue weighted by molar-refractivity contribution is 6.35. The summed E-state index contributed by atoms with van der Waals surface area (Å²) in [5.41, 5.74) is 0.643. The molecule has 7 heteroatoms. The Morgan fingerprint density at radius 3 is 2.60 bits per heavy atom. The summed E-state index contributed by atoms with van der Waals surface area (Å²) in [7, 11) is 0. The van der Waals surface area contributed by atoms with Crippen LogP contribution >= 0.6 is 23.2 Å². The van der Waals surface area contributed by atoms with E-state index >= 15 is 0 Å². The molecule has 0 amide bonds. The van der Waals surface area contributed by atoms with Crippen LogP contribution in [0, 0.1) is 15.9 Å². The second-order valence-electron chi connectivity index (χ2n) is 4.01. The van der Waals surface area contributed by atoms with E-state index in [2.05, 4.69) is 5.32 Å². The minimum absolute atomic E-state index is 0.346. The van der Waals surface area contributed by atoms with Gasteiger partial charge in [0.15, 0.2) is 0 Å².